The van der Waals surface area contributed by atoms with Crippen LogP contribution in [0.5, 0.6) is 11.5 Å². The largest absolute Gasteiger partial charge is 0.493 e. The molecule has 0 saturated carbocycles. The normalized spacial score (nSPS) is 10.6. The minimum Gasteiger partial charge on any atom is -0.493 e. The second-order valence-electron chi connectivity index (χ2n) is 6.65. The van der Waals surface area contributed by atoms with Crippen LogP contribution in [-0.2, 0) is 17.8 Å². The zero-order chi connectivity index (χ0) is 21.3. The summed E-state index contributed by atoms with van der Waals surface area (Å²) in [6, 6.07) is 12.9. The Bertz CT molecular complexity index is 1030. The van der Waals surface area contributed by atoms with Crippen molar-refractivity contribution in [3.8, 4) is 22.1 Å². The summed E-state index contributed by atoms with van der Waals surface area (Å²) in [6.07, 6.45) is 1.57. The highest BCUT2D eigenvalue weighted by atomic mass is 32.1. The maximum absolute atomic E-state index is 12.1. The van der Waals surface area contributed by atoms with Gasteiger partial charge in [-0.05, 0) is 48.1 Å². The van der Waals surface area contributed by atoms with Crippen LogP contribution in [0.3, 0.4) is 0 Å². The Kier molecular flexibility index (Phi) is 7.62. The Labute approximate surface area is 179 Å². The van der Waals surface area contributed by atoms with E-state index in [9.17, 15) is 9.59 Å². The van der Waals surface area contributed by atoms with Crippen molar-refractivity contribution in [2.75, 3.05) is 20.8 Å². The van der Waals surface area contributed by atoms with E-state index in [2.05, 4.69) is 10.4 Å². The number of thiophene rings is 1. The van der Waals surface area contributed by atoms with E-state index in [1.807, 2.05) is 35.7 Å². The van der Waals surface area contributed by atoms with Gasteiger partial charge >= 0.3 is 0 Å². The van der Waals surface area contributed by atoms with Crippen LogP contribution in [-0.4, -0.2) is 36.5 Å². The van der Waals surface area contributed by atoms with Gasteiger partial charge < -0.3 is 14.8 Å². The third-order valence-electron chi connectivity index (χ3n) is 4.60. The van der Waals surface area contributed by atoms with Crippen LogP contribution in [0, 0.1) is 0 Å². The molecule has 0 aliphatic rings. The number of hydrogen-bond donors (Lipinski definition) is 1. The highest BCUT2D eigenvalue weighted by Gasteiger charge is 2.07. The van der Waals surface area contributed by atoms with Crippen molar-refractivity contribution in [2.45, 2.75) is 25.8 Å². The Morgan fingerprint density at radius 1 is 1.13 bits per heavy atom. The molecule has 2 aromatic heterocycles. The van der Waals surface area contributed by atoms with E-state index in [4.69, 9.17) is 9.47 Å². The molecular weight excluding hydrogens is 402 g/mol. The predicted molar refractivity (Wildman–Crippen MR) is 117 cm³/mol. The monoisotopic (exact) mass is 427 g/mol. The molecule has 1 aromatic carbocycles. The summed E-state index contributed by atoms with van der Waals surface area (Å²) in [5.74, 6) is 1.30. The lowest BCUT2D eigenvalue weighted by molar-refractivity contribution is -0.121. The number of ether oxygens (including phenoxy) is 2. The van der Waals surface area contributed by atoms with Crippen molar-refractivity contribution < 1.29 is 14.3 Å². The first-order chi connectivity index (χ1) is 14.6. The first-order valence-corrected chi connectivity index (χ1v) is 10.6. The van der Waals surface area contributed by atoms with Crippen LogP contribution in [0.15, 0.2) is 52.6 Å². The van der Waals surface area contributed by atoms with Crippen LogP contribution < -0.4 is 20.3 Å². The molecule has 8 heteroatoms. The summed E-state index contributed by atoms with van der Waals surface area (Å²) in [4.78, 5) is 25.2. The molecule has 7 nitrogen and oxygen atoms in total. The Balaban J connectivity index is 1.44. The molecule has 3 aromatic rings. The molecule has 0 radical (unpaired) electrons. The van der Waals surface area contributed by atoms with E-state index in [1.165, 1.54) is 10.7 Å². The van der Waals surface area contributed by atoms with E-state index in [1.54, 1.807) is 31.6 Å². The number of aromatic nitrogens is 2. The second kappa shape index (κ2) is 10.6. The average Bonchev–Trinajstić information content (AvgIpc) is 3.30. The molecular formula is C22H25N3O4S. The molecule has 30 heavy (non-hydrogen) atoms. The Morgan fingerprint density at radius 2 is 1.97 bits per heavy atom. The summed E-state index contributed by atoms with van der Waals surface area (Å²) >= 11 is 1.57. The SMILES string of the molecule is COc1ccc(CCNC(=O)CCCn2nc(-c3cccs3)ccc2=O)cc1OC. The number of amides is 1. The van der Waals surface area contributed by atoms with Crippen LogP contribution in [0.25, 0.3) is 10.6 Å². The first-order valence-electron chi connectivity index (χ1n) is 9.70. The van der Waals surface area contributed by atoms with E-state index in [0.29, 0.717) is 43.9 Å². The predicted octanol–water partition coefficient (Wildman–Crippen LogP) is 3.13. The van der Waals surface area contributed by atoms with Gasteiger partial charge in [0.2, 0.25) is 5.91 Å². The van der Waals surface area contributed by atoms with Gasteiger partial charge in [0.25, 0.3) is 5.56 Å². The molecule has 1 N–H and O–H groups in total. The van der Waals surface area contributed by atoms with Crippen LogP contribution in [0.1, 0.15) is 18.4 Å². The van der Waals surface area contributed by atoms with Gasteiger partial charge in [0.1, 0.15) is 5.69 Å². The van der Waals surface area contributed by atoms with Crippen molar-refractivity contribution in [1.82, 2.24) is 15.1 Å². The molecule has 0 aliphatic heterocycles. The molecule has 158 valence electrons. The van der Waals surface area contributed by atoms with E-state index in [0.717, 1.165) is 16.1 Å². The molecule has 0 aliphatic carbocycles. The van der Waals surface area contributed by atoms with Crippen molar-refractivity contribution in [1.29, 1.82) is 0 Å². The molecule has 0 atom stereocenters. The molecule has 0 saturated heterocycles. The van der Waals surface area contributed by atoms with Crippen molar-refractivity contribution in [3.05, 3.63) is 63.8 Å². The number of aryl methyl sites for hydroxylation is 1. The molecule has 0 fully saturated rings. The highest BCUT2D eigenvalue weighted by molar-refractivity contribution is 7.13. The quantitative estimate of drug-likeness (QED) is 0.538. The fourth-order valence-corrected chi connectivity index (χ4v) is 3.72. The van der Waals surface area contributed by atoms with Gasteiger partial charge in [-0.3, -0.25) is 9.59 Å². The van der Waals surface area contributed by atoms with Gasteiger partial charge in [-0.25, -0.2) is 4.68 Å². The number of carbonyl (C=O) groups is 1. The maximum Gasteiger partial charge on any atom is 0.266 e. The minimum atomic E-state index is -0.163. The molecule has 0 unspecified atom stereocenters. The standard InChI is InChI=1S/C22H25N3O4S/c1-28-18-9-7-16(15-19(18)29-2)11-12-23-21(26)6-3-13-25-22(27)10-8-17(24-25)20-5-4-14-30-20/h4-5,7-10,14-15H,3,6,11-13H2,1-2H3,(H,23,26). The van der Waals surface area contributed by atoms with Gasteiger partial charge in [0.15, 0.2) is 11.5 Å². The second-order valence-corrected chi connectivity index (χ2v) is 7.60. The van der Waals surface area contributed by atoms with Crippen LogP contribution in [0.2, 0.25) is 0 Å². The van der Waals surface area contributed by atoms with E-state index < -0.39 is 0 Å². The van der Waals surface area contributed by atoms with Gasteiger partial charge in [-0.2, -0.15) is 5.10 Å². The number of hydrogen-bond acceptors (Lipinski definition) is 6. The summed E-state index contributed by atoms with van der Waals surface area (Å²) in [6.45, 7) is 0.932. The van der Waals surface area contributed by atoms with E-state index >= 15 is 0 Å². The van der Waals surface area contributed by atoms with Gasteiger partial charge in [0.05, 0.1) is 19.1 Å². The lowest BCUT2D eigenvalue weighted by Crippen LogP contribution is -2.27. The van der Waals surface area contributed by atoms with Crippen molar-refractivity contribution >= 4 is 17.2 Å². The number of rotatable bonds is 10. The Morgan fingerprint density at radius 3 is 2.70 bits per heavy atom. The van der Waals surface area contributed by atoms with Crippen LogP contribution >= 0.6 is 11.3 Å². The van der Waals surface area contributed by atoms with Crippen molar-refractivity contribution in [3.63, 3.8) is 0 Å². The molecule has 0 spiro atoms. The molecule has 1 amide bonds. The maximum atomic E-state index is 12.1. The molecule has 0 bridgehead atoms. The van der Waals surface area contributed by atoms with Gasteiger partial charge in [0, 0.05) is 25.6 Å². The number of nitrogens with one attached hydrogen (secondary N) is 1. The number of nitrogens with zero attached hydrogens (tertiary/aromatic N) is 2. The fraction of sp³-hybridized carbons (Fsp3) is 0.318. The Hall–Kier alpha value is -3.13. The summed E-state index contributed by atoms with van der Waals surface area (Å²) in [7, 11) is 3.19. The minimum absolute atomic E-state index is 0.0436. The third-order valence-corrected chi connectivity index (χ3v) is 5.49. The van der Waals surface area contributed by atoms with Gasteiger partial charge in [-0.15, -0.1) is 11.3 Å². The smallest absolute Gasteiger partial charge is 0.266 e. The zero-order valence-corrected chi connectivity index (χ0v) is 17.9. The summed E-state index contributed by atoms with van der Waals surface area (Å²) in [5, 5.41) is 9.29. The molecule has 3 rings (SSSR count). The first kappa shape index (κ1) is 21.6. The lowest BCUT2D eigenvalue weighted by Gasteiger charge is -2.10. The number of methoxy groups -OCH3 is 2. The third kappa shape index (κ3) is 5.70. The topological polar surface area (TPSA) is 82.5 Å². The molecule has 2 heterocycles. The fourth-order valence-electron chi connectivity index (χ4n) is 3.02. The van der Waals surface area contributed by atoms with Gasteiger partial charge in [-0.1, -0.05) is 12.1 Å². The summed E-state index contributed by atoms with van der Waals surface area (Å²) in [5.41, 5.74) is 1.65. The van der Waals surface area contributed by atoms with Crippen LogP contribution in [0.4, 0.5) is 0 Å². The number of carbonyl (C=O) groups excluding carboxylic acids is 1. The summed E-state index contributed by atoms with van der Waals surface area (Å²) < 4.78 is 11.9. The lowest BCUT2D eigenvalue weighted by atomic mass is 10.1. The highest BCUT2D eigenvalue weighted by Crippen LogP contribution is 2.27. The van der Waals surface area contributed by atoms with E-state index in [-0.39, 0.29) is 11.5 Å². The number of benzene rings is 1. The zero-order valence-electron chi connectivity index (χ0n) is 17.1. The average molecular weight is 428 g/mol. The van der Waals surface area contributed by atoms with Crippen molar-refractivity contribution in [2.24, 2.45) is 0 Å².